The first-order valence-electron chi connectivity index (χ1n) is 6.08. The lowest BCUT2D eigenvalue weighted by atomic mass is 10.1. The van der Waals surface area contributed by atoms with E-state index in [-0.39, 0.29) is 23.2 Å². The summed E-state index contributed by atoms with van der Waals surface area (Å²) in [6, 6.07) is 11.2. The van der Waals surface area contributed by atoms with Crippen LogP contribution in [0, 0.1) is 5.82 Å². The van der Waals surface area contributed by atoms with E-state index in [0.29, 0.717) is 0 Å². The highest BCUT2D eigenvalue weighted by atomic mass is 79.9. The number of rotatable bonds is 3. The molecule has 0 spiro atoms. The predicted octanol–water partition coefficient (Wildman–Crippen LogP) is 3.66. The number of carbonyl (C=O) groups excluding carboxylic acids is 1. The third kappa shape index (κ3) is 3.36. The topological polar surface area (TPSA) is 55.1 Å². The van der Waals surface area contributed by atoms with Crippen LogP contribution in [0.1, 0.15) is 28.9 Å². The average molecular weight is 337 g/mol. The monoisotopic (exact) mass is 336 g/mol. The molecular formula is C15H14BrFN2O. The smallest absolute Gasteiger partial charge is 0.253 e. The molecule has 0 saturated heterocycles. The van der Waals surface area contributed by atoms with Crippen LogP contribution in [0.2, 0.25) is 0 Å². The van der Waals surface area contributed by atoms with Gasteiger partial charge in [0.25, 0.3) is 5.91 Å². The minimum absolute atomic E-state index is 0.129. The molecule has 0 fully saturated rings. The molecule has 2 rings (SSSR count). The van der Waals surface area contributed by atoms with Gasteiger partial charge in [-0.25, -0.2) is 4.39 Å². The van der Waals surface area contributed by atoms with Crippen LogP contribution in [0.15, 0.2) is 46.9 Å². The number of hydrogen-bond acceptors (Lipinski definition) is 2. The molecule has 104 valence electrons. The van der Waals surface area contributed by atoms with Crippen molar-refractivity contribution in [3.8, 4) is 0 Å². The quantitative estimate of drug-likeness (QED) is 0.840. The number of hydrogen-bond donors (Lipinski definition) is 2. The van der Waals surface area contributed by atoms with E-state index in [2.05, 4.69) is 21.2 Å². The van der Waals surface area contributed by atoms with Gasteiger partial charge in [-0.15, -0.1) is 0 Å². The number of nitrogens with one attached hydrogen (secondary N) is 1. The molecule has 20 heavy (non-hydrogen) atoms. The van der Waals surface area contributed by atoms with Gasteiger partial charge >= 0.3 is 0 Å². The van der Waals surface area contributed by atoms with Crippen molar-refractivity contribution in [1.29, 1.82) is 0 Å². The number of anilines is 1. The van der Waals surface area contributed by atoms with Gasteiger partial charge in [-0.05, 0) is 42.8 Å². The maximum Gasteiger partial charge on any atom is 0.253 e. The van der Waals surface area contributed by atoms with Crippen molar-refractivity contribution in [2.45, 2.75) is 13.0 Å². The first-order valence-corrected chi connectivity index (χ1v) is 6.88. The molecule has 0 aliphatic rings. The standard InChI is InChI=1S/C15H14BrFN2O/c1-9(10-3-2-4-11(16)7-10)19-15(20)13-6-5-12(17)8-14(13)18/h2-9H,18H2,1H3,(H,19,20). The summed E-state index contributed by atoms with van der Waals surface area (Å²) < 4.78 is 13.9. The second-order valence-electron chi connectivity index (χ2n) is 4.48. The molecule has 3 nitrogen and oxygen atoms in total. The fraction of sp³-hybridized carbons (Fsp3) is 0.133. The van der Waals surface area contributed by atoms with Crippen LogP contribution in [0.25, 0.3) is 0 Å². The molecule has 0 bridgehead atoms. The maximum absolute atomic E-state index is 13.0. The third-order valence-corrected chi connectivity index (χ3v) is 3.45. The number of benzene rings is 2. The highest BCUT2D eigenvalue weighted by Crippen LogP contribution is 2.19. The van der Waals surface area contributed by atoms with E-state index < -0.39 is 5.82 Å². The van der Waals surface area contributed by atoms with Crippen molar-refractivity contribution in [3.63, 3.8) is 0 Å². The van der Waals surface area contributed by atoms with Crippen molar-refractivity contribution >= 4 is 27.5 Å². The first-order chi connectivity index (χ1) is 9.47. The van der Waals surface area contributed by atoms with E-state index in [9.17, 15) is 9.18 Å². The predicted molar refractivity (Wildman–Crippen MR) is 80.8 cm³/mol. The largest absolute Gasteiger partial charge is 0.398 e. The fourth-order valence-corrected chi connectivity index (χ4v) is 2.29. The Labute approximate surface area is 125 Å². The summed E-state index contributed by atoms with van der Waals surface area (Å²) in [5.41, 5.74) is 7.02. The van der Waals surface area contributed by atoms with Gasteiger partial charge < -0.3 is 11.1 Å². The van der Waals surface area contributed by atoms with Crippen LogP contribution in [-0.4, -0.2) is 5.91 Å². The average Bonchev–Trinajstić information content (AvgIpc) is 2.38. The maximum atomic E-state index is 13.0. The Kier molecular flexibility index (Phi) is 4.39. The van der Waals surface area contributed by atoms with Crippen LogP contribution in [0.4, 0.5) is 10.1 Å². The summed E-state index contributed by atoms with van der Waals surface area (Å²) in [4.78, 5) is 12.1. The Morgan fingerprint density at radius 3 is 2.70 bits per heavy atom. The number of nitrogens with two attached hydrogens (primary N) is 1. The van der Waals surface area contributed by atoms with Gasteiger partial charge in [0.05, 0.1) is 11.6 Å². The van der Waals surface area contributed by atoms with Crippen LogP contribution >= 0.6 is 15.9 Å². The molecule has 0 saturated carbocycles. The van der Waals surface area contributed by atoms with Gasteiger partial charge in [-0.2, -0.15) is 0 Å². The Hall–Kier alpha value is -1.88. The van der Waals surface area contributed by atoms with Crippen molar-refractivity contribution in [2.75, 3.05) is 5.73 Å². The van der Waals surface area contributed by atoms with Crippen LogP contribution in [0.5, 0.6) is 0 Å². The van der Waals surface area contributed by atoms with Gasteiger partial charge in [0.1, 0.15) is 5.82 Å². The van der Waals surface area contributed by atoms with E-state index in [1.807, 2.05) is 31.2 Å². The van der Waals surface area contributed by atoms with Crippen molar-refractivity contribution in [1.82, 2.24) is 5.32 Å². The zero-order valence-corrected chi connectivity index (χ0v) is 12.4. The van der Waals surface area contributed by atoms with Crippen LogP contribution < -0.4 is 11.1 Å². The van der Waals surface area contributed by atoms with Crippen molar-refractivity contribution in [2.24, 2.45) is 0 Å². The van der Waals surface area contributed by atoms with E-state index in [1.165, 1.54) is 12.1 Å². The zero-order valence-electron chi connectivity index (χ0n) is 10.9. The second-order valence-corrected chi connectivity index (χ2v) is 5.40. The molecule has 0 aliphatic carbocycles. The molecular weight excluding hydrogens is 323 g/mol. The normalized spacial score (nSPS) is 11.9. The highest BCUT2D eigenvalue weighted by Gasteiger charge is 2.14. The molecule has 2 aromatic carbocycles. The highest BCUT2D eigenvalue weighted by molar-refractivity contribution is 9.10. The minimum atomic E-state index is -0.459. The van der Waals surface area contributed by atoms with E-state index in [4.69, 9.17) is 5.73 Å². The third-order valence-electron chi connectivity index (χ3n) is 2.95. The molecule has 0 heterocycles. The molecule has 1 amide bonds. The van der Waals surface area contributed by atoms with Gasteiger partial charge in [0.2, 0.25) is 0 Å². The van der Waals surface area contributed by atoms with Crippen molar-refractivity contribution in [3.05, 3.63) is 63.9 Å². The van der Waals surface area contributed by atoms with E-state index in [0.717, 1.165) is 16.1 Å². The summed E-state index contributed by atoms with van der Waals surface area (Å²) in [5, 5.41) is 2.84. The first kappa shape index (κ1) is 14.5. The van der Waals surface area contributed by atoms with Crippen LogP contribution in [0.3, 0.4) is 0 Å². The summed E-state index contributed by atoms with van der Waals surface area (Å²) >= 11 is 3.39. The van der Waals surface area contributed by atoms with Gasteiger partial charge in [0, 0.05) is 10.2 Å². The molecule has 0 radical (unpaired) electrons. The summed E-state index contributed by atoms with van der Waals surface area (Å²) in [7, 11) is 0. The summed E-state index contributed by atoms with van der Waals surface area (Å²) in [6.07, 6.45) is 0. The molecule has 0 aliphatic heterocycles. The molecule has 2 aromatic rings. The Balaban J connectivity index is 2.15. The van der Waals surface area contributed by atoms with Crippen LogP contribution in [-0.2, 0) is 0 Å². The lowest BCUT2D eigenvalue weighted by Crippen LogP contribution is -2.27. The summed E-state index contributed by atoms with van der Waals surface area (Å²) in [6.45, 7) is 1.87. The zero-order chi connectivity index (χ0) is 14.7. The number of amides is 1. The molecule has 5 heteroatoms. The minimum Gasteiger partial charge on any atom is -0.398 e. The molecule has 1 unspecified atom stereocenters. The lowest BCUT2D eigenvalue weighted by molar-refractivity contribution is 0.0941. The molecule has 3 N–H and O–H groups in total. The molecule has 0 aromatic heterocycles. The Morgan fingerprint density at radius 1 is 1.30 bits per heavy atom. The lowest BCUT2D eigenvalue weighted by Gasteiger charge is -2.15. The Morgan fingerprint density at radius 2 is 2.05 bits per heavy atom. The number of halogens is 2. The van der Waals surface area contributed by atoms with Crippen molar-refractivity contribution < 1.29 is 9.18 Å². The SMILES string of the molecule is CC(NC(=O)c1ccc(F)cc1N)c1cccc(Br)c1. The van der Waals surface area contributed by atoms with E-state index in [1.54, 1.807) is 0 Å². The number of carbonyl (C=O) groups is 1. The second kappa shape index (κ2) is 6.05. The molecule has 1 atom stereocenters. The number of nitrogen functional groups attached to an aromatic ring is 1. The fourth-order valence-electron chi connectivity index (χ4n) is 1.87. The van der Waals surface area contributed by atoms with Gasteiger partial charge in [-0.3, -0.25) is 4.79 Å². The van der Waals surface area contributed by atoms with Gasteiger partial charge in [0.15, 0.2) is 0 Å². The van der Waals surface area contributed by atoms with Gasteiger partial charge in [-0.1, -0.05) is 28.1 Å². The Bertz CT molecular complexity index is 646. The van der Waals surface area contributed by atoms with E-state index >= 15 is 0 Å². The summed E-state index contributed by atoms with van der Waals surface area (Å²) in [5.74, 6) is -0.783.